The van der Waals surface area contributed by atoms with E-state index < -0.39 is 0 Å². The van der Waals surface area contributed by atoms with Gasteiger partial charge in [-0.15, -0.1) is 10.2 Å². The van der Waals surface area contributed by atoms with Gasteiger partial charge in [-0.05, 0) is 19.5 Å². The van der Waals surface area contributed by atoms with Crippen LogP contribution in [0.4, 0.5) is 5.13 Å². The first kappa shape index (κ1) is 10.4. The van der Waals surface area contributed by atoms with Crippen molar-refractivity contribution in [2.45, 2.75) is 6.92 Å². The van der Waals surface area contributed by atoms with E-state index in [4.69, 9.17) is 0 Å². The average molecular weight is 200 g/mol. The molecular formula is C8H16N4S. The molecular weight excluding hydrogens is 184 g/mol. The van der Waals surface area contributed by atoms with E-state index in [1.165, 1.54) is 0 Å². The van der Waals surface area contributed by atoms with E-state index in [1.54, 1.807) is 16.8 Å². The molecule has 74 valence electrons. The maximum Gasteiger partial charge on any atom is 0.207 e. The first-order chi connectivity index (χ1) is 6.24. The second kappa shape index (κ2) is 5.14. The molecule has 0 saturated heterocycles. The number of rotatable bonds is 5. The second-order valence-electron chi connectivity index (χ2n) is 3.26. The summed E-state index contributed by atoms with van der Waals surface area (Å²) in [5.74, 6) is 0.624. The van der Waals surface area contributed by atoms with Crippen molar-refractivity contribution in [1.82, 2.24) is 15.5 Å². The van der Waals surface area contributed by atoms with E-state index in [1.807, 2.05) is 14.1 Å². The summed E-state index contributed by atoms with van der Waals surface area (Å²) in [7, 11) is 4.02. The summed E-state index contributed by atoms with van der Waals surface area (Å²) in [6, 6.07) is 0. The fourth-order valence-electron chi connectivity index (χ4n) is 1.29. The molecule has 0 spiro atoms. The van der Waals surface area contributed by atoms with Crippen LogP contribution in [0.25, 0.3) is 0 Å². The van der Waals surface area contributed by atoms with Gasteiger partial charge in [0.25, 0.3) is 0 Å². The normalized spacial score (nSPS) is 12.8. The molecule has 1 N–H and O–H groups in total. The Bertz CT molecular complexity index is 224. The van der Waals surface area contributed by atoms with E-state index in [0.29, 0.717) is 5.92 Å². The predicted octanol–water partition coefficient (Wildman–Crippen LogP) is 0.830. The van der Waals surface area contributed by atoms with Gasteiger partial charge >= 0.3 is 0 Å². The van der Waals surface area contributed by atoms with Crippen LogP contribution in [0.1, 0.15) is 6.92 Å². The molecule has 5 heteroatoms. The zero-order chi connectivity index (χ0) is 9.68. The maximum absolute atomic E-state index is 4.00. The van der Waals surface area contributed by atoms with Gasteiger partial charge in [-0.2, -0.15) is 0 Å². The average Bonchev–Trinajstić information content (AvgIpc) is 2.55. The molecule has 0 aromatic carbocycles. The summed E-state index contributed by atoms with van der Waals surface area (Å²) in [6.07, 6.45) is 0. The van der Waals surface area contributed by atoms with Crippen molar-refractivity contribution in [3.63, 3.8) is 0 Å². The van der Waals surface area contributed by atoms with Crippen molar-refractivity contribution in [2.75, 3.05) is 32.1 Å². The summed E-state index contributed by atoms with van der Waals surface area (Å²) in [4.78, 5) is 2.14. The predicted molar refractivity (Wildman–Crippen MR) is 56.3 cm³/mol. The molecule has 1 aromatic rings. The van der Waals surface area contributed by atoms with Crippen molar-refractivity contribution in [3.05, 3.63) is 5.51 Å². The molecule has 0 aliphatic rings. The van der Waals surface area contributed by atoms with Crippen molar-refractivity contribution < 1.29 is 0 Å². The van der Waals surface area contributed by atoms with Gasteiger partial charge in [0.15, 0.2) is 0 Å². The summed E-state index contributed by atoms with van der Waals surface area (Å²) in [5, 5.41) is 12.0. The second-order valence-corrected chi connectivity index (χ2v) is 4.08. The first-order valence-electron chi connectivity index (χ1n) is 4.36. The van der Waals surface area contributed by atoms with Crippen molar-refractivity contribution in [2.24, 2.45) is 5.92 Å². The van der Waals surface area contributed by atoms with E-state index in [9.17, 15) is 0 Å². The fraction of sp³-hybridized carbons (Fsp3) is 0.750. The minimum atomic E-state index is 0.624. The van der Waals surface area contributed by atoms with Gasteiger partial charge in [0.05, 0.1) is 0 Å². The van der Waals surface area contributed by atoms with Crippen molar-refractivity contribution >= 4 is 16.5 Å². The molecule has 0 saturated carbocycles. The Morgan fingerprint density at radius 3 is 3.00 bits per heavy atom. The van der Waals surface area contributed by atoms with Crippen LogP contribution in [0.5, 0.6) is 0 Å². The Morgan fingerprint density at radius 1 is 1.69 bits per heavy atom. The highest BCUT2D eigenvalue weighted by atomic mass is 32.1. The van der Waals surface area contributed by atoms with Gasteiger partial charge < -0.3 is 10.2 Å². The summed E-state index contributed by atoms with van der Waals surface area (Å²) < 4.78 is 0. The Labute approximate surface area is 83.0 Å². The molecule has 4 nitrogen and oxygen atoms in total. The van der Waals surface area contributed by atoms with Crippen LogP contribution in [0.2, 0.25) is 0 Å². The third kappa shape index (κ3) is 3.28. The molecule has 13 heavy (non-hydrogen) atoms. The van der Waals surface area contributed by atoms with Crippen LogP contribution >= 0.6 is 11.3 Å². The molecule has 1 unspecified atom stereocenters. The van der Waals surface area contributed by atoms with E-state index >= 15 is 0 Å². The topological polar surface area (TPSA) is 41.0 Å². The zero-order valence-electron chi connectivity index (χ0n) is 8.32. The highest BCUT2D eigenvalue weighted by Gasteiger charge is 2.08. The highest BCUT2D eigenvalue weighted by molar-refractivity contribution is 7.13. The fourth-order valence-corrected chi connectivity index (χ4v) is 1.83. The van der Waals surface area contributed by atoms with Gasteiger partial charge in [-0.3, -0.25) is 0 Å². The third-order valence-corrected chi connectivity index (χ3v) is 2.62. The maximum atomic E-state index is 4.00. The number of nitrogens with zero attached hydrogens (tertiary/aromatic N) is 3. The van der Waals surface area contributed by atoms with Crippen LogP contribution in [0, 0.1) is 5.92 Å². The van der Waals surface area contributed by atoms with Crippen LogP contribution < -0.4 is 10.2 Å². The van der Waals surface area contributed by atoms with Gasteiger partial charge in [-0.25, -0.2) is 0 Å². The molecule has 0 aliphatic heterocycles. The summed E-state index contributed by atoms with van der Waals surface area (Å²) in [6.45, 7) is 4.26. The zero-order valence-corrected chi connectivity index (χ0v) is 9.14. The summed E-state index contributed by atoms with van der Waals surface area (Å²) in [5.41, 5.74) is 1.76. The molecule has 0 aliphatic carbocycles. The van der Waals surface area contributed by atoms with Gasteiger partial charge in [0, 0.05) is 13.6 Å². The lowest BCUT2D eigenvalue weighted by Crippen LogP contribution is -2.29. The smallest absolute Gasteiger partial charge is 0.207 e. The molecule has 0 bridgehead atoms. The van der Waals surface area contributed by atoms with E-state index in [0.717, 1.165) is 18.2 Å². The Balaban J connectivity index is 2.37. The Kier molecular flexibility index (Phi) is 4.11. The molecule has 0 radical (unpaired) electrons. The van der Waals surface area contributed by atoms with Crippen LogP contribution in [0.15, 0.2) is 5.51 Å². The van der Waals surface area contributed by atoms with Crippen molar-refractivity contribution in [3.8, 4) is 0 Å². The quantitative estimate of drug-likeness (QED) is 0.764. The van der Waals surface area contributed by atoms with Crippen LogP contribution in [-0.4, -0.2) is 37.4 Å². The summed E-state index contributed by atoms with van der Waals surface area (Å²) >= 11 is 1.57. The SMILES string of the molecule is CNCC(C)CN(C)c1nncs1. The molecule has 1 rings (SSSR count). The number of nitrogens with one attached hydrogen (secondary N) is 1. The van der Waals surface area contributed by atoms with Gasteiger partial charge in [-0.1, -0.05) is 18.3 Å². The first-order valence-corrected chi connectivity index (χ1v) is 5.24. The van der Waals surface area contributed by atoms with Crippen LogP contribution in [-0.2, 0) is 0 Å². The molecule has 0 fully saturated rings. The molecule has 1 heterocycles. The van der Waals surface area contributed by atoms with Crippen LogP contribution in [0.3, 0.4) is 0 Å². The Hall–Kier alpha value is -0.680. The largest absolute Gasteiger partial charge is 0.349 e. The lowest BCUT2D eigenvalue weighted by molar-refractivity contribution is 0.541. The Morgan fingerprint density at radius 2 is 2.46 bits per heavy atom. The number of aromatic nitrogens is 2. The van der Waals surface area contributed by atoms with E-state index in [2.05, 4.69) is 27.3 Å². The molecule has 1 aromatic heterocycles. The van der Waals surface area contributed by atoms with E-state index in [-0.39, 0.29) is 0 Å². The molecule has 1 atom stereocenters. The van der Waals surface area contributed by atoms with Gasteiger partial charge in [0.1, 0.15) is 5.51 Å². The molecule has 0 amide bonds. The third-order valence-electron chi connectivity index (χ3n) is 1.81. The number of anilines is 1. The number of hydrogen-bond donors (Lipinski definition) is 1. The standard InChI is InChI=1S/C8H16N4S/c1-7(4-9-2)5-12(3)8-11-10-6-13-8/h6-7,9H,4-5H2,1-3H3. The van der Waals surface area contributed by atoms with Gasteiger partial charge in [0.2, 0.25) is 5.13 Å². The van der Waals surface area contributed by atoms with Crippen molar-refractivity contribution in [1.29, 1.82) is 0 Å². The monoisotopic (exact) mass is 200 g/mol. The lowest BCUT2D eigenvalue weighted by Gasteiger charge is -2.19. The highest BCUT2D eigenvalue weighted by Crippen LogP contribution is 2.14. The minimum Gasteiger partial charge on any atom is -0.349 e. The minimum absolute atomic E-state index is 0.624. The lowest BCUT2D eigenvalue weighted by atomic mass is 10.2. The number of hydrogen-bond acceptors (Lipinski definition) is 5.